The van der Waals surface area contributed by atoms with Crippen LogP contribution in [0.5, 0.6) is 0 Å². The number of halogens is 1. The Morgan fingerprint density at radius 3 is 2.62 bits per heavy atom. The molecule has 3 aliphatic heterocycles. The lowest BCUT2D eigenvalue weighted by molar-refractivity contribution is -0.116. The zero-order valence-corrected chi connectivity index (χ0v) is 20.4. The van der Waals surface area contributed by atoms with Crippen LogP contribution in [0.25, 0.3) is 11.1 Å². The van der Waals surface area contributed by atoms with Crippen molar-refractivity contribution >= 4 is 74.7 Å². The molecule has 6 nitrogen and oxygen atoms in total. The van der Waals surface area contributed by atoms with E-state index in [1.54, 1.807) is 23.1 Å². The van der Waals surface area contributed by atoms with Gasteiger partial charge in [0.2, 0.25) is 0 Å². The van der Waals surface area contributed by atoms with Gasteiger partial charge in [-0.05, 0) is 43.7 Å². The molecule has 3 heterocycles. The molecule has 0 saturated carbocycles. The topological polar surface area (TPSA) is 86.7 Å². The Morgan fingerprint density at radius 2 is 1.94 bits per heavy atom. The molecule has 34 heavy (non-hydrogen) atoms. The first kappa shape index (κ1) is 22.8. The minimum Gasteiger partial charge on any atom is -0.478 e. The van der Waals surface area contributed by atoms with Gasteiger partial charge in [-0.1, -0.05) is 42.2 Å². The van der Waals surface area contributed by atoms with Gasteiger partial charge in [-0.3, -0.25) is 14.5 Å². The van der Waals surface area contributed by atoms with Crippen LogP contribution in [0, 0.1) is 5.82 Å². The molecule has 1 saturated heterocycles. The molecule has 0 radical (unpaired) electrons. The van der Waals surface area contributed by atoms with Crippen molar-refractivity contribution in [2.45, 2.75) is 24.3 Å². The third-order valence-electron chi connectivity index (χ3n) is 5.78. The van der Waals surface area contributed by atoms with Crippen LogP contribution in [0.1, 0.15) is 35.3 Å². The minimum absolute atomic E-state index is 0.143. The largest absolute Gasteiger partial charge is 0.478 e. The molecule has 10 heteroatoms. The molecule has 2 N–H and O–H groups in total. The van der Waals surface area contributed by atoms with Crippen molar-refractivity contribution in [3.05, 3.63) is 69.9 Å². The normalized spacial score (nSPS) is 20.4. The summed E-state index contributed by atoms with van der Waals surface area (Å²) in [6.45, 7) is 3.74. The molecule has 2 aromatic carbocycles. The fourth-order valence-corrected chi connectivity index (χ4v) is 6.62. The summed E-state index contributed by atoms with van der Waals surface area (Å²) < 4.78 is 15.1. The van der Waals surface area contributed by atoms with Gasteiger partial charge in [0.25, 0.3) is 11.8 Å². The third kappa shape index (κ3) is 3.57. The molecule has 5 rings (SSSR count). The van der Waals surface area contributed by atoms with E-state index in [9.17, 15) is 23.9 Å². The molecule has 0 aromatic heterocycles. The number of benzene rings is 2. The second kappa shape index (κ2) is 8.07. The molecule has 0 atom stereocenters. The van der Waals surface area contributed by atoms with Gasteiger partial charge >= 0.3 is 5.97 Å². The number of carboxylic acid groups (broad SMARTS) is 1. The number of nitrogens with zero attached hydrogens (tertiary/aromatic N) is 1. The standard InChI is InChI=1S/C24H17FN2O4S3/c1-24(2)9-11(10-33-16-6-4-3-5-13(16)22(30)31)14-7-12(25)8-15-17(21(29)27(24)18(14)15)19-20(28)26-23(32)34-19/h3-9H,10H2,1-2H3,(H,30,31)(H,26,28,32). The van der Waals surface area contributed by atoms with E-state index in [1.807, 2.05) is 19.9 Å². The summed E-state index contributed by atoms with van der Waals surface area (Å²) in [4.78, 5) is 40.0. The Labute approximate surface area is 208 Å². The average molecular weight is 513 g/mol. The molecular weight excluding hydrogens is 495 g/mol. The van der Waals surface area contributed by atoms with E-state index in [0.29, 0.717) is 27.5 Å². The number of hydrogen-bond acceptors (Lipinski definition) is 6. The van der Waals surface area contributed by atoms with Gasteiger partial charge in [0, 0.05) is 21.8 Å². The molecule has 172 valence electrons. The first-order valence-corrected chi connectivity index (χ1v) is 12.4. The molecule has 0 spiro atoms. The lowest BCUT2D eigenvalue weighted by atomic mass is 9.89. The molecule has 0 aliphatic carbocycles. The fraction of sp³-hybridized carbons (Fsp3) is 0.167. The van der Waals surface area contributed by atoms with Gasteiger partial charge in [-0.25, -0.2) is 9.18 Å². The molecule has 1 fully saturated rings. The van der Waals surface area contributed by atoms with Crippen molar-refractivity contribution in [2.75, 3.05) is 10.7 Å². The summed E-state index contributed by atoms with van der Waals surface area (Å²) in [7, 11) is 0. The van der Waals surface area contributed by atoms with Crippen molar-refractivity contribution in [1.82, 2.24) is 5.32 Å². The monoisotopic (exact) mass is 512 g/mol. The summed E-state index contributed by atoms with van der Waals surface area (Å²) in [5.41, 5.74) is 1.81. The molecule has 2 amide bonds. The Morgan fingerprint density at radius 1 is 1.24 bits per heavy atom. The summed E-state index contributed by atoms with van der Waals surface area (Å²) in [6.07, 6.45) is 1.90. The Balaban J connectivity index is 1.63. The number of nitrogens with one attached hydrogen (secondary N) is 1. The van der Waals surface area contributed by atoms with E-state index in [-0.39, 0.29) is 26.3 Å². The van der Waals surface area contributed by atoms with Gasteiger partial charge in [0.1, 0.15) is 10.1 Å². The number of amides is 2. The SMILES string of the molecule is CC1(C)C=C(CSc2ccccc2C(=O)O)c2cc(F)cc3c2N1C(=O)C3=C1SC(=S)NC1=O. The quantitative estimate of drug-likeness (QED) is 0.349. The van der Waals surface area contributed by atoms with Crippen LogP contribution in [0.2, 0.25) is 0 Å². The van der Waals surface area contributed by atoms with Crippen molar-refractivity contribution in [3.8, 4) is 0 Å². The number of thioether (sulfide) groups is 2. The van der Waals surface area contributed by atoms with E-state index in [1.165, 1.54) is 30.0 Å². The van der Waals surface area contributed by atoms with Crippen molar-refractivity contribution in [2.24, 2.45) is 0 Å². The highest BCUT2D eigenvalue weighted by atomic mass is 32.2. The van der Waals surface area contributed by atoms with Crippen molar-refractivity contribution in [1.29, 1.82) is 0 Å². The van der Waals surface area contributed by atoms with Crippen LogP contribution in [-0.2, 0) is 9.59 Å². The second-order valence-corrected chi connectivity index (χ2v) is 11.2. The van der Waals surface area contributed by atoms with Crippen LogP contribution in [0.4, 0.5) is 10.1 Å². The highest BCUT2D eigenvalue weighted by Crippen LogP contribution is 2.52. The second-order valence-electron chi connectivity index (χ2n) is 8.45. The minimum atomic E-state index is -1.02. The van der Waals surface area contributed by atoms with E-state index in [2.05, 4.69) is 5.32 Å². The van der Waals surface area contributed by atoms with Crippen LogP contribution in [0.3, 0.4) is 0 Å². The number of carbonyl (C=O) groups is 3. The van der Waals surface area contributed by atoms with Crippen molar-refractivity contribution < 1.29 is 23.9 Å². The first-order chi connectivity index (χ1) is 16.1. The maximum atomic E-state index is 14.8. The van der Waals surface area contributed by atoms with Gasteiger partial charge in [0.15, 0.2) is 0 Å². The fourth-order valence-electron chi connectivity index (χ4n) is 4.46. The maximum absolute atomic E-state index is 14.8. The lowest BCUT2D eigenvalue weighted by Gasteiger charge is -2.39. The lowest BCUT2D eigenvalue weighted by Crippen LogP contribution is -2.46. The maximum Gasteiger partial charge on any atom is 0.336 e. The number of anilines is 1. The summed E-state index contributed by atoms with van der Waals surface area (Å²) in [5.74, 6) is -2.03. The number of hydrogen-bond donors (Lipinski definition) is 2. The van der Waals surface area contributed by atoms with Crippen molar-refractivity contribution in [3.63, 3.8) is 0 Å². The highest BCUT2D eigenvalue weighted by molar-refractivity contribution is 8.27. The molecule has 0 unspecified atom stereocenters. The molecule has 2 aromatic rings. The Hall–Kier alpha value is -2.95. The van der Waals surface area contributed by atoms with E-state index < -0.39 is 23.2 Å². The highest BCUT2D eigenvalue weighted by Gasteiger charge is 2.47. The summed E-state index contributed by atoms with van der Waals surface area (Å²) in [5, 5.41) is 12.0. The van der Waals surface area contributed by atoms with Crippen LogP contribution >= 0.6 is 35.7 Å². The van der Waals surface area contributed by atoms with Gasteiger partial charge in [0.05, 0.1) is 27.3 Å². The van der Waals surface area contributed by atoms with E-state index >= 15 is 0 Å². The van der Waals surface area contributed by atoms with Gasteiger partial charge in [-0.15, -0.1) is 11.8 Å². The van der Waals surface area contributed by atoms with E-state index in [4.69, 9.17) is 12.2 Å². The van der Waals surface area contributed by atoms with E-state index in [0.717, 1.165) is 17.3 Å². The number of carboxylic acids is 1. The first-order valence-electron chi connectivity index (χ1n) is 10.2. The zero-order chi connectivity index (χ0) is 24.4. The van der Waals surface area contributed by atoms with Gasteiger partial charge < -0.3 is 10.4 Å². The predicted molar refractivity (Wildman–Crippen MR) is 135 cm³/mol. The third-order valence-corrected chi connectivity index (χ3v) is 8.13. The molecule has 0 bridgehead atoms. The number of carbonyl (C=O) groups excluding carboxylic acids is 2. The van der Waals surface area contributed by atoms with Crippen LogP contribution < -0.4 is 10.2 Å². The predicted octanol–water partition coefficient (Wildman–Crippen LogP) is 4.70. The Kier molecular flexibility index (Phi) is 5.42. The molecular formula is C24H17FN2O4S3. The number of rotatable bonds is 4. The zero-order valence-electron chi connectivity index (χ0n) is 18.0. The number of thiocarbonyl (C=S) groups is 1. The summed E-state index contributed by atoms with van der Waals surface area (Å²) in [6, 6.07) is 9.36. The average Bonchev–Trinajstić information content (AvgIpc) is 3.24. The van der Waals surface area contributed by atoms with Crippen LogP contribution in [-0.4, -0.2) is 38.5 Å². The summed E-state index contributed by atoms with van der Waals surface area (Å²) >= 11 is 7.42. The number of aromatic carboxylic acids is 1. The van der Waals surface area contributed by atoms with Gasteiger partial charge in [-0.2, -0.15) is 0 Å². The molecule has 3 aliphatic rings. The smallest absolute Gasteiger partial charge is 0.336 e. The van der Waals surface area contributed by atoms with Crippen LogP contribution in [0.15, 0.2) is 52.3 Å². The Bertz CT molecular complexity index is 1400.